The van der Waals surface area contributed by atoms with Crippen LogP contribution in [0, 0.1) is 0 Å². The first-order valence-corrected chi connectivity index (χ1v) is 36.8. The molecule has 1 unspecified atom stereocenters. The maximum absolute atomic E-state index is 12.4. The Hall–Kier alpha value is -3.18. The van der Waals surface area contributed by atoms with Crippen LogP contribution in [0.2, 0.25) is 0 Å². The Bertz CT molecular complexity index is 1560. The molecule has 5 nitrogen and oxygen atoms in total. The Morgan fingerprint density at radius 2 is 0.512 bits per heavy atom. The van der Waals surface area contributed by atoms with Crippen LogP contribution >= 0.6 is 0 Å². The number of carbonyl (C=O) groups excluding carboxylic acids is 2. The van der Waals surface area contributed by atoms with E-state index in [1.807, 2.05) is 0 Å². The summed E-state index contributed by atoms with van der Waals surface area (Å²) in [4.78, 5) is 24.7. The van der Waals surface area contributed by atoms with Crippen molar-refractivity contribution in [2.24, 2.45) is 0 Å². The molecule has 0 heterocycles. The van der Waals surface area contributed by atoms with Crippen LogP contribution in [0.1, 0.15) is 373 Å². The minimum Gasteiger partial charge on any atom is -0.462 e. The van der Waals surface area contributed by atoms with Crippen molar-refractivity contribution in [1.82, 2.24) is 0 Å². The van der Waals surface area contributed by atoms with Gasteiger partial charge in [0.05, 0.1) is 6.61 Å². The first-order chi connectivity index (χ1) is 41.6. The Morgan fingerprint density at radius 3 is 0.786 bits per heavy atom. The van der Waals surface area contributed by atoms with Crippen molar-refractivity contribution in [3.05, 3.63) is 97.2 Å². The summed E-state index contributed by atoms with van der Waals surface area (Å²) in [5.74, 6) is -0.581. The number of esters is 2. The molecule has 1 atom stereocenters. The SMILES string of the molecule is CC/C=C\C/C=C\C/C=C\C/C=C\C/C=C\C/C=C\C/C=C\CCCCCCCCCCCCCC(=O)OC(CO)COC(=O)CCCCCCCCCCCCCCCCCCCCCCCCCCC/C=C\CCCCCCCCCC. The lowest BCUT2D eigenvalue weighted by Crippen LogP contribution is -2.28. The summed E-state index contributed by atoms with van der Waals surface area (Å²) in [6.45, 7) is 4.06. The van der Waals surface area contributed by atoms with E-state index in [-0.39, 0.29) is 25.2 Å². The van der Waals surface area contributed by atoms with Gasteiger partial charge in [-0.1, -0.05) is 361 Å². The molecule has 0 rings (SSSR count). The molecule has 0 fully saturated rings. The molecule has 0 aliphatic carbocycles. The summed E-state index contributed by atoms with van der Waals surface area (Å²) in [6.07, 6.45) is 106. The second-order valence-corrected chi connectivity index (χ2v) is 24.6. The molecule has 5 heteroatoms. The summed E-state index contributed by atoms with van der Waals surface area (Å²) >= 11 is 0. The lowest BCUT2D eigenvalue weighted by Gasteiger charge is -2.15. The predicted octanol–water partition coefficient (Wildman–Crippen LogP) is 25.8. The highest BCUT2D eigenvalue weighted by Gasteiger charge is 2.16. The van der Waals surface area contributed by atoms with Crippen LogP contribution < -0.4 is 0 Å². The van der Waals surface area contributed by atoms with Crippen LogP contribution in [0.15, 0.2) is 97.2 Å². The zero-order chi connectivity index (χ0) is 60.5. The maximum atomic E-state index is 12.4. The van der Waals surface area contributed by atoms with Crippen molar-refractivity contribution in [2.45, 2.75) is 380 Å². The van der Waals surface area contributed by atoms with Gasteiger partial charge >= 0.3 is 11.9 Å². The fourth-order valence-corrected chi connectivity index (χ4v) is 10.9. The van der Waals surface area contributed by atoms with Gasteiger partial charge in [-0.15, -0.1) is 0 Å². The quantitative estimate of drug-likeness (QED) is 0.0373. The smallest absolute Gasteiger partial charge is 0.306 e. The van der Waals surface area contributed by atoms with Crippen LogP contribution in [-0.4, -0.2) is 36.4 Å². The van der Waals surface area contributed by atoms with E-state index in [9.17, 15) is 14.7 Å². The number of ether oxygens (including phenoxy) is 2. The third kappa shape index (κ3) is 71.3. The van der Waals surface area contributed by atoms with E-state index in [1.165, 1.54) is 263 Å². The second-order valence-electron chi connectivity index (χ2n) is 24.6. The topological polar surface area (TPSA) is 72.8 Å². The molecule has 0 aliphatic rings. The van der Waals surface area contributed by atoms with Crippen LogP contribution in [0.5, 0.6) is 0 Å². The van der Waals surface area contributed by atoms with Gasteiger partial charge in [-0.2, -0.15) is 0 Å². The molecule has 1 N–H and O–H groups in total. The van der Waals surface area contributed by atoms with Crippen molar-refractivity contribution in [3.63, 3.8) is 0 Å². The fourth-order valence-electron chi connectivity index (χ4n) is 10.9. The summed E-state index contributed by atoms with van der Waals surface area (Å²) in [5.41, 5.74) is 0. The summed E-state index contributed by atoms with van der Waals surface area (Å²) < 4.78 is 10.8. The zero-order valence-electron chi connectivity index (χ0n) is 55.9. The minimum atomic E-state index is -0.779. The molecule has 0 bridgehead atoms. The lowest BCUT2D eigenvalue weighted by molar-refractivity contribution is -0.161. The number of allylic oxidation sites excluding steroid dienone is 16. The van der Waals surface area contributed by atoms with Crippen LogP contribution in [0.3, 0.4) is 0 Å². The van der Waals surface area contributed by atoms with Crippen LogP contribution in [-0.2, 0) is 19.1 Å². The number of carbonyl (C=O) groups is 2. The van der Waals surface area contributed by atoms with Crippen molar-refractivity contribution < 1.29 is 24.2 Å². The maximum Gasteiger partial charge on any atom is 0.306 e. The van der Waals surface area contributed by atoms with Gasteiger partial charge in [0.25, 0.3) is 0 Å². The lowest BCUT2D eigenvalue weighted by atomic mass is 10.0. The molecule has 0 aromatic rings. The highest BCUT2D eigenvalue weighted by molar-refractivity contribution is 5.70. The zero-order valence-corrected chi connectivity index (χ0v) is 55.9. The van der Waals surface area contributed by atoms with Gasteiger partial charge in [0.2, 0.25) is 0 Å². The second kappa shape index (κ2) is 74.1. The molecule has 0 saturated carbocycles. The molecule has 0 aromatic heterocycles. The van der Waals surface area contributed by atoms with E-state index in [0.29, 0.717) is 12.8 Å². The third-order valence-corrected chi connectivity index (χ3v) is 16.4. The molecule has 0 saturated heterocycles. The van der Waals surface area contributed by atoms with Gasteiger partial charge in [-0.3, -0.25) is 9.59 Å². The number of aliphatic hydroxyl groups is 1. The van der Waals surface area contributed by atoms with Crippen molar-refractivity contribution >= 4 is 11.9 Å². The molecular formula is C79H140O5. The van der Waals surface area contributed by atoms with Crippen LogP contribution in [0.4, 0.5) is 0 Å². The molecule has 486 valence electrons. The van der Waals surface area contributed by atoms with Crippen molar-refractivity contribution in [2.75, 3.05) is 13.2 Å². The Kier molecular flexibility index (Phi) is 71.3. The highest BCUT2D eigenvalue weighted by Crippen LogP contribution is 2.18. The monoisotopic (exact) mass is 1170 g/mol. The first-order valence-electron chi connectivity index (χ1n) is 36.8. The van der Waals surface area contributed by atoms with E-state index in [4.69, 9.17) is 9.47 Å². The van der Waals surface area contributed by atoms with Gasteiger partial charge < -0.3 is 14.6 Å². The Balaban J connectivity index is 3.44. The molecular weight excluding hydrogens is 1030 g/mol. The van der Waals surface area contributed by atoms with Gasteiger partial charge in [0.1, 0.15) is 6.61 Å². The van der Waals surface area contributed by atoms with E-state index < -0.39 is 6.10 Å². The standard InChI is InChI=1S/C79H140O5/c1-3-5-7-9-11-13-15-17-19-21-23-25-27-29-31-33-35-37-38-39-40-42-43-45-47-49-51-53-55-57-59-61-63-65-67-69-71-73-78(81)83-76-77(75-80)84-79(82)74-72-70-68-66-64-62-60-58-56-54-52-50-48-46-44-41-36-34-32-30-28-26-24-22-20-18-16-14-12-10-8-6-4-2/h6,8,12,14,18,20-21,23-24,26,30,32,36,41,46,48,77,80H,3-5,7,9-11,13,15-17,19,22,25,27-29,31,33-35,37-40,42-45,47,49-76H2,1-2H3/b8-6-,14-12-,20-18-,23-21-,26-24-,32-30-,41-36-,48-46-. The fraction of sp³-hybridized carbons (Fsp3) is 0.772. The predicted molar refractivity (Wildman–Crippen MR) is 371 cm³/mol. The summed E-state index contributed by atoms with van der Waals surface area (Å²) in [7, 11) is 0. The largest absolute Gasteiger partial charge is 0.462 e. The van der Waals surface area contributed by atoms with Gasteiger partial charge in [0.15, 0.2) is 6.10 Å². The van der Waals surface area contributed by atoms with Gasteiger partial charge in [0, 0.05) is 12.8 Å². The number of aliphatic hydroxyl groups excluding tert-OH is 1. The normalized spacial score (nSPS) is 12.8. The molecule has 0 amide bonds. The number of hydrogen-bond acceptors (Lipinski definition) is 5. The average Bonchev–Trinajstić information content (AvgIpc) is 3.51. The highest BCUT2D eigenvalue weighted by atomic mass is 16.6. The summed E-state index contributed by atoms with van der Waals surface area (Å²) in [6, 6.07) is 0. The van der Waals surface area contributed by atoms with Crippen molar-refractivity contribution in [1.29, 1.82) is 0 Å². The van der Waals surface area contributed by atoms with E-state index in [1.54, 1.807) is 0 Å². The third-order valence-electron chi connectivity index (χ3n) is 16.4. The van der Waals surface area contributed by atoms with E-state index >= 15 is 0 Å². The molecule has 0 spiro atoms. The summed E-state index contributed by atoms with van der Waals surface area (Å²) in [5, 5.41) is 9.71. The Morgan fingerprint density at radius 1 is 0.286 bits per heavy atom. The molecule has 0 radical (unpaired) electrons. The van der Waals surface area contributed by atoms with Crippen LogP contribution in [0.25, 0.3) is 0 Å². The van der Waals surface area contributed by atoms with E-state index in [0.717, 1.165) is 83.5 Å². The average molecular weight is 1170 g/mol. The molecule has 0 aromatic carbocycles. The van der Waals surface area contributed by atoms with E-state index in [2.05, 4.69) is 111 Å². The Labute approximate surface area is 523 Å². The van der Waals surface area contributed by atoms with Crippen molar-refractivity contribution in [3.8, 4) is 0 Å². The molecule has 84 heavy (non-hydrogen) atoms. The number of unbranched alkanes of at least 4 members (excludes halogenated alkanes) is 44. The van der Waals surface area contributed by atoms with Gasteiger partial charge in [-0.25, -0.2) is 0 Å². The number of rotatable bonds is 68. The van der Waals surface area contributed by atoms with Gasteiger partial charge in [-0.05, 0) is 96.3 Å². The minimum absolute atomic E-state index is 0.0669. The molecule has 0 aliphatic heterocycles. The first kappa shape index (κ1) is 80.8. The number of hydrogen-bond donors (Lipinski definition) is 1.